The summed E-state index contributed by atoms with van der Waals surface area (Å²) in [5, 5.41) is 0. The number of halogens is 4. The van der Waals surface area contributed by atoms with Gasteiger partial charge in [0.2, 0.25) is 0 Å². The average molecular weight is 307 g/mol. The standard InChI is InChI=1S/C11H10BrF3N2/c12-10-3-1-8(2-4-10)9(5-16)6-17-7-11(13,14)15/h1-6H,7,16H2. The molecule has 0 heterocycles. The van der Waals surface area contributed by atoms with Crippen LogP contribution in [-0.4, -0.2) is 18.9 Å². The molecule has 0 aromatic heterocycles. The Labute approximate surface area is 105 Å². The molecule has 0 aliphatic carbocycles. The van der Waals surface area contributed by atoms with Crippen LogP contribution in [0, 0.1) is 0 Å². The molecule has 0 aliphatic heterocycles. The first-order chi connectivity index (χ1) is 7.92. The molecule has 2 nitrogen and oxygen atoms in total. The topological polar surface area (TPSA) is 38.4 Å². The molecule has 0 saturated heterocycles. The molecule has 1 aromatic rings. The molecular weight excluding hydrogens is 297 g/mol. The second-order valence-corrected chi connectivity index (χ2v) is 4.13. The lowest BCUT2D eigenvalue weighted by molar-refractivity contribution is -0.118. The second kappa shape index (κ2) is 5.86. The van der Waals surface area contributed by atoms with Crippen molar-refractivity contribution < 1.29 is 13.2 Å². The van der Waals surface area contributed by atoms with Crippen LogP contribution >= 0.6 is 15.9 Å². The fraction of sp³-hybridized carbons (Fsp3) is 0.182. The Morgan fingerprint density at radius 3 is 2.35 bits per heavy atom. The minimum atomic E-state index is -4.30. The number of nitrogens with zero attached hydrogens (tertiary/aromatic N) is 1. The fourth-order valence-electron chi connectivity index (χ4n) is 1.10. The lowest BCUT2D eigenvalue weighted by Crippen LogP contribution is -2.12. The van der Waals surface area contributed by atoms with Crippen LogP contribution in [-0.2, 0) is 0 Å². The van der Waals surface area contributed by atoms with Gasteiger partial charge in [-0.15, -0.1) is 0 Å². The van der Waals surface area contributed by atoms with E-state index in [4.69, 9.17) is 5.73 Å². The molecule has 92 valence electrons. The summed E-state index contributed by atoms with van der Waals surface area (Å²) in [6.45, 7) is -1.21. The number of nitrogens with two attached hydrogens (primary N) is 1. The molecular formula is C11H10BrF3N2. The Kier molecular flexibility index (Phi) is 4.74. The van der Waals surface area contributed by atoms with E-state index in [0.29, 0.717) is 11.1 Å². The van der Waals surface area contributed by atoms with Crippen molar-refractivity contribution in [3.63, 3.8) is 0 Å². The summed E-state index contributed by atoms with van der Waals surface area (Å²) in [5.41, 5.74) is 6.50. The largest absolute Gasteiger partial charge is 0.407 e. The Morgan fingerprint density at radius 2 is 1.88 bits per heavy atom. The van der Waals surface area contributed by atoms with Crippen LogP contribution in [0.25, 0.3) is 5.57 Å². The molecule has 0 spiro atoms. The van der Waals surface area contributed by atoms with E-state index in [1.807, 2.05) is 0 Å². The van der Waals surface area contributed by atoms with Crippen molar-refractivity contribution in [1.82, 2.24) is 0 Å². The Hall–Kier alpha value is -1.30. The van der Waals surface area contributed by atoms with Crippen molar-refractivity contribution in [1.29, 1.82) is 0 Å². The van der Waals surface area contributed by atoms with Crippen molar-refractivity contribution in [3.05, 3.63) is 40.5 Å². The monoisotopic (exact) mass is 306 g/mol. The molecule has 17 heavy (non-hydrogen) atoms. The first-order valence-corrected chi connectivity index (χ1v) is 5.46. The zero-order valence-electron chi connectivity index (χ0n) is 8.71. The van der Waals surface area contributed by atoms with Crippen LogP contribution in [0.3, 0.4) is 0 Å². The quantitative estimate of drug-likeness (QED) is 0.854. The smallest absolute Gasteiger partial charge is 0.404 e. The number of rotatable bonds is 3. The molecule has 1 aromatic carbocycles. The summed E-state index contributed by atoms with van der Waals surface area (Å²) in [5.74, 6) is 0. The maximum atomic E-state index is 11.9. The number of allylic oxidation sites excluding steroid dienone is 1. The number of hydrogen-bond acceptors (Lipinski definition) is 2. The summed E-state index contributed by atoms with van der Waals surface area (Å²) in [4.78, 5) is 3.30. The van der Waals surface area contributed by atoms with E-state index in [1.165, 1.54) is 6.20 Å². The third-order valence-electron chi connectivity index (χ3n) is 1.86. The Bertz CT molecular complexity index is 421. The van der Waals surface area contributed by atoms with Crippen LogP contribution in [0.2, 0.25) is 0 Å². The first-order valence-electron chi connectivity index (χ1n) is 4.67. The van der Waals surface area contributed by atoms with Crippen molar-refractivity contribution in [2.45, 2.75) is 6.18 Å². The van der Waals surface area contributed by atoms with Crippen molar-refractivity contribution in [3.8, 4) is 0 Å². The average Bonchev–Trinajstić information content (AvgIpc) is 2.24. The van der Waals surface area contributed by atoms with Gasteiger partial charge < -0.3 is 5.73 Å². The van der Waals surface area contributed by atoms with Crippen LogP contribution in [0.5, 0.6) is 0 Å². The molecule has 0 atom stereocenters. The SMILES string of the molecule is NC=C(C=NCC(F)(F)F)c1ccc(Br)cc1. The van der Waals surface area contributed by atoms with Gasteiger partial charge in [0, 0.05) is 22.5 Å². The predicted octanol–water partition coefficient (Wildman–Crippen LogP) is 3.38. The van der Waals surface area contributed by atoms with E-state index in [0.717, 1.165) is 10.7 Å². The number of hydrogen-bond donors (Lipinski definition) is 1. The molecule has 0 fully saturated rings. The number of aliphatic imine (C=N–C) groups is 1. The summed E-state index contributed by atoms with van der Waals surface area (Å²) in [6.07, 6.45) is -1.95. The highest BCUT2D eigenvalue weighted by molar-refractivity contribution is 9.10. The zero-order chi connectivity index (χ0) is 12.9. The zero-order valence-corrected chi connectivity index (χ0v) is 10.3. The third kappa shape index (κ3) is 5.04. The molecule has 6 heteroatoms. The maximum absolute atomic E-state index is 11.9. The van der Waals surface area contributed by atoms with Gasteiger partial charge in [0.25, 0.3) is 0 Å². The highest BCUT2D eigenvalue weighted by Gasteiger charge is 2.25. The van der Waals surface area contributed by atoms with E-state index in [2.05, 4.69) is 20.9 Å². The first kappa shape index (κ1) is 13.8. The molecule has 0 saturated carbocycles. The minimum Gasteiger partial charge on any atom is -0.404 e. The highest BCUT2D eigenvalue weighted by Crippen LogP contribution is 2.17. The van der Waals surface area contributed by atoms with Gasteiger partial charge in [-0.3, -0.25) is 4.99 Å². The molecule has 2 N–H and O–H groups in total. The lowest BCUT2D eigenvalue weighted by atomic mass is 10.1. The van der Waals surface area contributed by atoms with Crippen LogP contribution in [0.15, 0.2) is 39.9 Å². The molecule has 0 bridgehead atoms. The summed E-state index contributed by atoms with van der Waals surface area (Å²) in [6, 6.07) is 7.03. The van der Waals surface area contributed by atoms with Gasteiger partial charge in [-0.05, 0) is 17.7 Å². The normalized spacial score (nSPS) is 13.3. The van der Waals surface area contributed by atoms with Crippen molar-refractivity contribution in [2.24, 2.45) is 10.7 Å². The number of benzene rings is 1. The number of alkyl halides is 3. The van der Waals surface area contributed by atoms with E-state index in [1.54, 1.807) is 24.3 Å². The van der Waals surface area contributed by atoms with E-state index >= 15 is 0 Å². The predicted molar refractivity (Wildman–Crippen MR) is 65.7 cm³/mol. The Balaban J connectivity index is 2.77. The lowest BCUT2D eigenvalue weighted by Gasteiger charge is -2.03. The third-order valence-corrected chi connectivity index (χ3v) is 2.39. The van der Waals surface area contributed by atoms with Gasteiger partial charge in [-0.25, -0.2) is 0 Å². The summed E-state index contributed by atoms with van der Waals surface area (Å²) >= 11 is 3.26. The maximum Gasteiger partial charge on any atom is 0.407 e. The van der Waals surface area contributed by atoms with Crippen molar-refractivity contribution >= 4 is 27.7 Å². The van der Waals surface area contributed by atoms with E-state index in [-0.39, 0.29) is 0 Å². The van der Waals surface area contributed by atoms with Gasteiger partial charge in [0.05, 0.1) is 0 Å². The minimum absolute atomic E-state index is 0.446. The molecule has 0 radical (unpaired) electrons. The van der Waals surface area contributed by atoms with E-state index < -0.39 is 12.7 Å². The summed E-state index contributed by atoms with van der Waals surface area (Å²) in [7, 11) is 0. The molecule has 0 aliphatic rings. The second-order valence-electron chi connectivity index (χ2n) is 3.21. The van der Waals surface area contributed by atoms with Crippen LogP contribution in [0.4, 0.5) is 13.2 Å². The van der Waals surface area contributed by atoms with E-state index in [9.17, 15) is 13.2 Å². The molecule has 1 rings (SSSR count). The highest BCUT2D eigenvalue weighted by atomic mass is 79.9. The van der Waals surface area contributed by atoms with Gasteiger partial charge in [-0.1, -0.05) is 28.1 Å². The fourth-order valence-corrected chi connectivity index (χ4v) is 1.37. The summed E-state index contributed by atoms with van der Waals surface area (Å²) < 4.78 is 36.6. The van der Waals surface area contributed by atoms with Gasteiger partial charge in [0.15, 0.2) is 0 Å². The molecule has 0 amide bonds. The van der Waals surface area contributed by atoms with Gasteiger partial charge >= 0.3 is 6.18 Å². The van der Waals surface area contributed by atoms with Crippen LogP contribution < -0.4 is 5.73 Å². The van der Waals surface area contributed by atoms with Crippen molar-refractivity contribution in [2.75, 3.05) is 6.54 Å². The van der Waals surface area contributed by atoms with Crippen LogP contribution in [0.1, 0.15) is 5.56 Å². The van der Waals surface area contributed by atoms with Gasteiger partial charge in [-0.2, -0.15) is 13.2 Å². The van der Waals surface area contributed by atoms with Gasteiger partial charge in [0.1, 0.15) is 6.54 Å². The Morgan fingerprint density at radius 1 is 1.29 bits per heavy atom. The molecule has 0 unspecified atom stereocenters.